The molecule has 9 nitrogen and oxygen atoms in total. The van der Waals surface area contributed by atoms with Crippen LogP contribution in [0.2, 0.25) is 0 Å². The molecule has 29 heavy (non-hydrogen) atoms. The van der Waals surface area contributed by atoms with E-state index in [1.54, 1.807) is 12.1 Å². The molecule has 0 atom stereocenters. The van der Waals surface area contributed by atoms with Gasteiger partial charge in [-0.25, -0.2) is 0 Å². The van der Waals surface area contributed by atoms with E-state index in [1.807, 2.05) is 10.9 Å². The normalized spacial score (nSPS) is 22.3. The van der Waals surface area contributed by atoms with E-state index in [-0.39, 0.29) is 36.8 Å². The number of ether oxygens (including phenoxy) is 2. The Labute approximate surface area is 168 Å². The first kappa shape index (κ1) is 20.1. The zero-order valence-corrected chi connectivity index (χ0v) is 16.3. The topological polar surface area (TPSA) is 120 Å². The molecule has 2 aliphatic carbocycles. The predicted octanol–water partition coefficient (Wildman–Crippen LogP) is 2.59. The molecule has 2 aromatic rings. The molecule has 0 aliphatic heterocycles. The monoisotopic (exact) mass is 405 g/mol. The molecule has 0 unspecified atom stereocenters. The molecule has 2 fully saturated rings. The van der Waals surface area contributed by atoms with Gasteiger partial charge < -0.3 is 19.7 Å². The average Bonchev–Trinajstić information content (AvgIpc) is 3.47. The van der Waals surface area contributed by atoms with Gasteiger partial charge in [0.1, 0.15) is 6.10 Å². The van der Waals surface area contributed by atoms with Crippen molar-refractivity contribution in [1.29, 1.82) is 0 Å². The second-order valence-electron chi connectivity index (χ2n) is 8.05. The van der Waals surface area contributed by atoms with Gasteiger partial charge in [-0.05, 0) is 44.4 Å². The number of hydrogen-bond donors (Lipinski definition) is 2. The van der Waals surface area contributed by atoms with Gasteiger partial charge in [0.05, 0.1) is 42.4 Å². The number of aliphatic hydroxyl groups excluding tert-OH is 2. The molecule has 1 heterocycles. The van der Waals surface area contributed by atoms with Crippen molar-refractivity contribution in [2.75, 3.05) is 19.8 Å². The molecule has 2 N–H and O–H groups in total. The minimum absolute atomic E-state index is 0.0176. The van der Waals surface area contributed by atoms with Crippen LogP contribution in [0.15, 0.2) is 18.3 Å². The third kappa shape index (κ3) is 4.68. The molecule has 4 rings (SSSR count). The molecular formula is C20H27N3O6. The van der Waals surface area contributed by atoms with Crippen LogP contribution in [0.3, 0.4) is 0 Å². The Morgan fingerprint density at radius 3 is 2.52 bits per heavy atom. The first-order valence-corrected chi connectivity index (χ1v) is 10.2. The van der Waals surface area contributed by atoms with Crippen LogP contribution in [0.1, 0.15) is 44.6 Å². The van der Waals surface area contributed by atoms with Crippen molar-refractivity contribution in [2.24, 2.45) is 5.92 Å². The lowest BCUT2D eigenvalue weighted by Crippen LogP contribution is -2.31. The van der Waals surface area contributed by atoms with Gasteiger partial charge in [0.15, 0.2) is 5.75 Å². The second kappa shape index (κ2) is 8.64. The number of nitro benzene ring substituents is 1. The SMILES string of the molecule is O=[N+]([O-])c1cc2cn(C3CCC(OC(CO)CO)CC3)nc2cc1OCC1CC1. The Kier molecular flexibility index (Phi) is 5.98. The molecule has 2 saturated carbocycles. The van der Waals surface area contributed by atoms with Crippen LogP contribution in [0, 0.1) is 16.0 Å². The van der Waals surface area contributed by atoms with Gasteiger partial charge in [-0.15, -0.1) is 0 Å². The highest BCUT2D eigenvalue weighted by molar-refractivity contribution is 5.83. The van der Waals surface area contributed by atoms with Crippen LogP contribution >= 0.6 is 0 Å². The summed E-state index contributed by atoms with van der Waals surface area (Å²) in [5.41, 5.74) is 0.675. The van der Waals surface area contributed by atoms with E-state index >= 15 is 0 Å². The number of aliphatic hydroxyl groups is 2. The number of nitrogens with zero attached hydrogens (tertiary/aromatic N) is 3. The minimum atomic E-state index is -0.529. The molecule has 158 valence electrons. The van der Waals surface area contributed by atoms with Crippen molar-refractivity contribution in [3.05, 3.63) is 28.4 Å². The van der Waals surface area contributed by atoms with Crippen LogP contribution in [-0.2, 0) is 4.74 Å². The summed E-state index contributed by atoms with van der Waals surface area (Å²) in [6, 6.07) is 3.41. The van der Waals surface area contributed by atoms with E-state index in [4.69, 9.17) is 19.7 Å². The first-order valence-electron chi connectivity index (χ1n) is 10.2. The van der Waals surface area contributed by atoms with Gasteiger partial charge in [-0.1, -0.05) is 0 Å². The maximum absolute atomic E-state index is 11.5. The van der Waals surface area contributed by atoms with Gasteiger partial charge >= 0.3 is 5.69 Å². The third-order valence-electron chi connectivity index (χ3n) is 5.78. The van der Waals surface area contributed by atoms with Crippen LogP contribution in [-0.4, -0.2) is 56.9 Å². The van der Waals surface area contributed by atoms with Gasteiger partial charge in [-0.3, -0.25) is 14.8 Å². The van der Waals surface area contributed by atoms with Gasteiger partial charge in [0.2, 0.25) is 0 Å². The largest absolute Gasteiger partial charge is 0.486 e. The lowest BCUT2D eigenvalue weighted by Gasteiger charge is -2.30. The molecule has 0 radical (unpaired) electrons. The Morgan fingerprint density at radius 2 is 1.90 bits per heavy atom. The fourth-order valence-corrected chi connectivity index (χ4v) is 3.86. The zero-order valence-electron chi connectivity index (χ0n) is 16.3. The smallest absolute Gasteiger partial charge is 0.311 e. The summed E-state index contributed by atoms with van der Waals surface area (Å²) in [6.45, 7) is 0.134. The van der Waals surface area contributed by atoms with E-state index in [2.05, 4.69) is 5.10 Å². The minimum Gasteiger partial charge on any atom is -0.486 e. The molecule has 9 heteroatoms. The lowest BCUT2D eigenvalue weighted by molar-refractivity contribution is -0.385. The average molecular weight is 405 g/mol. The van der Waals surface area contributed by atoms with E-state index < -0.39 is 11.0 Å². The Balaban J connectivity index is 1.46. The molecule has 0 amide bonds. The summed E-state index contributed by atoms with van der Waals surface area (Å²) in [5.74, 6) is 0.798. The highest BCUT2D eigenvalue weighted by Crippen LogP contribution is 2.36. The molecule has 1 aromatic carbocycles. The first-order chi connectivity index (χ1) is 14.1. The fourth-order valence-electron chi connectivity index (χ4n) is 3.86. The summed E-state index contributed by atoms with van der Waals surface area (Å²) in [4.78, 5) is 11.1. The number of hydrogen-bond acceptors (Lipinski definition) is 7. The van der Waals surface area contributed by atoms with Crippen LogP contribution in [0.4, 0.5) is 5.69 Å². The van der Waals surface area contributed by atoms with Crippen molar-refractivity contribution in [1.82, 2.24) is 9.78 Å². The summed E-state index contributed by atoms with van der Waals surface area (Å²) in [7, 11) is 0. The lowest BCUT2D eigenvalue weighted by atomic mass is 9.93. The number of aromatic nitrogens is 2. The molecule has 0 bridgehead atoms. The summed E-state index contributed by atoms with van der Waals surface area (Å²) < 4.78 is 13.3. The molecular weight excluding hydrogens is 378 g/mol. The van der Waals surface area contributed by atoms with E-state index in [9.17, 15) is 10.1 Å². The summed E-state index contributed by atoms with van der Waals surface area (Å²) in [6.07, 6.45) is 6.93. The molecule has 0 spiro atoms. The highest BCUT2D eigenvalue weighted by atomic mass is 16.6. The Bertz CT molecular complexity index is 853. The second-order valence-corrected chi connectivity index (χ2v) is 8.05. The maximum Gasteiger partial charge on any atom is 0.311 e. The zero-order chi connectivity index (χ0) is 20.4. The van der Waals surface area contributed by atoms with Gasteiger partial charge in [-0.2, -0.15) is 5.10 Å². The third-order valence-corrected chi connectivity index (χ3v) is 5.78. The van der Waals surface area contributed by atoms with Crippen molar-refractivity contribution in [3.63, 3.8) is 0 Å². The fraction of sp³-hybridized carbons (Fsp3) is 0.650. The summed E-state index contributed by atoms with van der Waals surface area (Å²) in [5, 5.41) is 35.2. The number of rotatable bonds is 9. The quantitative estimate of drug-likeness (QED) is 0.486. The molecule has 1 aromatic heterocycles. The van der Waals surface area contributed by atoms with Gasteiger partial charge in [0.25, 0.3) is 0 Å². The number of fused-ring (bicyclic) bond motifs is 1. The molecule has 0 saturated heterocycles. The van der Waals surface area contributed by atoms with E-state index in [0.29, 0.717) is 18.0 Å². The van der Waals surface area contributed by atoms with E-state index in [0.717, 1.165) is 43.9 Å². The predicted molar refractivity (Wildman–Crippen MR) is 105 cm³/mol. The van der Waals surface area contributed by atoms with Crippen LogP contribution in [0.25, 0.3) is 10.9 Å². The van der Waals surface area contributed by atoms with Crippen molar-refractivity contribution in [3.8, 4) is 5.75 Å². The van der Waals surface area contributed by atoms with Gasteiger partial charge in [0, 0.05) is 23.7 Å². The van der Waals surface area contributed by atoms with Crippen molar-refractivity contribution in [2.45, 2.75) is 56.8 Å². The van der Waals surface area contributed by atoms with E-state index in [1.165, 1.54) is 0 Å². The standard InChI is InChI=1S/C20H27N3O6/c24-10-17(11-25)29-16-5-3-15(4-6-16)22-9-14-7-19(23(26)27)20(8-18(14)21-22)28-12-13-1-2-13/h7-9,13,15-17,24-25H,1-6,10-12H2. The molecule has 2 aliphatic rings. The number of benzene rings is 1. The Morgan fingerprint density at radius 1 is 1.17 bits per heavy atom. The van der Waals surface area contributed by atoms with Crippen LogP contribution in [0.5, 0.6) is 5.75 Å². The maximum atomic E-state index is 11.5. The van der Waals surface area contributed by atoms with Crippen molar-refractivity contribution < 1.29 is 24.6 Å². The van der Waals surface area contributed by atoms with Crippen molar-refractivity contribution >= 4 is 16.6 Å². The Hall–Kier alpha value is -2.23. The van der Waals surface area contributed by atoms with Crippen LogP contribution < -0.4 is 4.74 Å². The summed E-state index contributed by atoms with van der Waals surface area (Å²) >= 11 is 0. The highest BCUT2D eigenvalue weighted by Gasteiger charge is 2.27. The number of nitro groups is 1.